The molecule has 114 valence electrons. The number of carbonyl (C=O) groups is 2. The first-order chi connectivity index (χ1) is 9.90. The number of nitrogens with one attached hydrogen (secondary N) is 1. The number of amides is 1. The van der Waals surface area contributed by atoms with Gasteiger partial charge in [0.1, 0.15) is 0 Å². The second kappa shape index (κ2) is 7.20. The number of esters is 1. The van der Waals surface area contributed by atoms with Crippen molar-refractivity contribution in [2.75, 3.05) is 13.7 Å². The molecule has 1 rings (SSSR count). The molecule has 0 heterocycles. The van der Waals surface area contributed by atoms with E-state index < -0.39 is 34.3 Å². The van der Waals surface area contributed by atoms with Gasteiger partial charge in [-0.3, -0.25) is 19.7 Å². The summed E-state index contributed by atoms with van der Waals surface area (Å²) in [4.78, 5) is 32.8. The third-order valence-electron chi connectivity index (χ3n) is 2.74. The van der Waals surface area contributed by atoms with Crippen LogP contribution in [0.15, 0.2) is 18.2 Å². The van der Waals surface area contributed by atoms with Gasteiger partial charge in [0, 0.05) is 11.6 Å². The molecule has 0 fully saturated rings. The molecule has 1 aromatic carbocycles. The van der Waals surface area contributed by atoms with Crippen molar-refractivity contribution in [1.29, 1.82) is 0 Å². The molecule has 0 bridgehead atoms. The van der Waals surface area contributed by atoms with Crippen molar-refractivity contribution in [3.05, 3.63) is 33.9 Å². The predicted molar refractivity (Wildman–Crippen MR) is 71.3 cm³/mol. The molecular formula is C12H15N3O6. The van der Waals surface area contributed by atoms with Crippen molar-refractivity contribution in [2.24, 2.45) is 5.73 Å². The van der Waals surface area contributed by atoms with Crippen molar-refractivity contribution in [2.45, 2.75) is 12.5 Å². The molecule has 0 saturated heterocycles. The van der Waals surface area contributed by atoms with E-state index >= 15 is 0 Å². The highest BCUT2D eigenvalue weighted by Crippen LogP contribution is 2.34. The van der Waals surface area contributed by atoms with Gasteiger partial charge in [-0.15, -0.1) is 0 Å². The number of nitrogens with zero attached hydrogens (tertiary/aromatic N) is 1. The van der Waals surface area contributed by atoms with E-state index in [1.165, 1.54) is 12.1 Å². The number of hydrogen-bond donors (Lipinski definition) is 3. The molecule has 0 aliphatic carbocycles. The zero-order valence-corrected chi connectivity index (χ0v) is 11.2. The van der Waals surface area contributed by atoms with Crippen LogP contribution >= 0.6 is 0 Å². The molecule has 0 aromatic heterocycles. The normalized spacial score (nSPS) is 11.5. The Hall–Kier alpha value is -2.68. The average Bonchev–Trinajstić information content (AvgIpc) is 2.46. The van der Waals surface area contributed by atoms with Gasteiger partial charge in [-0.1, -0.05) is 12.1 Å². The lowest BCUT2D eigenvalue weighted by molar-refractivity contribution is -0.386. The van der Waals surface area contributed by atoms with Crippen LogP contribution in [0.25, 0.3) is 0 Å². The van der Waals surface area contributed by atoms with E-state index in [9.17, 15) is 24.8 Å². The van der Waals surface area contributed by atoms with Crippen molar-refractivity contribution in [1.82, 2.24) is 5.32 Å². The molecular weight excluding hydrogens is 282 g/mol. The lowest BCUT2D eigenvalue weighted by Crippen LogP contribution is -2.35. The van der Waals surface area contributed by atoms with Crippen LogP contribution in [0.1, 0.15) is 18.0 Å². The van der Waals surface area contributed by atoms with Crippen LogP contribution in [0.4, 0.5) is 5.69 Å². The standard InChI is InChI=1S/C12H15N3O6/c1-21-11(17)5-8(14-10(16)6-13)7-3-2-4-9(12(7)18)15(19)20/h2-4,8,18H,5-6,13H2,1H3,(H,14,16). The minimum absolute atomic E-state index is 0.0383. The number of rotatable bonds is 6. The number of para-hydroxylation sites is 1. The summed E-state index contributed by atoms with van der Waals surface area (Å²) in [6.45, 7) is -0.326. The summed E-state index contributed by atoms with van der Waals surface area (Å²) < 4.78 is 4.50. The average molecular weight is 297 g/mol. The van der Waals surface area contributed by atoms with E-state index in [2.05, 4.69) is 10.1 Å². The van der Waals surface area contributed by atoms with Gasteiger partial charge >= 0.3 is 11.7 Å². The fourth-order valence-corrected chi connectivity index (χ4v) is 1.72. The number of benzene rings is 1. The minimum atomic E-state index is -0.978. The molecule has 1 atom stereocenters. The minimum Gasteiger partial charge on any atom is -0.502 e. The Bertz CT molecular complexity index is 542. The first kappa shape index (κ1) is 16.4. The highest BCUT2D eigenvalue weighted by atomic mass is 16.6. The molecule has 9 nitrogen and oxygen atoms in total. The highest BCUT2D eigenvalue weighted by molar-refractivity contribution is 5.80. The molecule has 21 heavy (non-hydrogen) atoms. The topological polar surface area (TPSA) is 145 Å². The van der Waals surface area contributed by atoms with Crippen LogP contribution in [-0.2, 0) is 14.3 Å². The Morgan fingerprint density at radius 1 is 1.52 bits per heavy atom. The SMILES string of the molecule is COC(=O)CC(NC(=O)CN)c1cccc([N+](=O)[O-])c1O. The summed E-state index contributed by atoms with van der Waals surface area (Å²) >= 11 is 0. The molecule has 4 N–H and O–H groups in total. The number of hydrogen-bond acceptors (Lipinski definition) is 7. The van der Waals surface area contributed by atoms with E-state index in [1.54, 1.807) is 0 Å². The number of nitro groups is 1. The van der Waals surface area contributed by atoms with Gasteiger partial charge in [0.2, 0.25) is 5.91 Å². The van der Waals surface area contributed by atoms with Crippen molar-refractivity contribution in [3.63, 3.8) is 0 Å². The summed E-state index contributed by atoms with van der Waals surface area (Å²) in [7, 11) is 1.16. The Labute approximate surface area is 119 Å². The first-order valence-corrected chi connectivity index (χ1v) is 5.93. The first-order valence-electron chi connectivity index (χ1n) is 5.93. The van der Waals surface area contributed by atoms with Gasteiger partial charge in [-0.25, -0.2) is 0 Å². The summed E-state index contributed by atoms with van der Waals surface area (Å²) in [5.74, 6) is -1.84. The van der Waals surface area contributed by atoms with Crippen molar-refractivity contribution in [3.8, 4) is 5.75 Å². The Balaban J connectivity index is 3.18. The van der Waals surface area contributed by atoms with Crippen molar-refractivity contribution >= 4 is 17.6 Å². The van der Waals surface area contributed by atoms with Gasteiger partial charge in [-0.2, -0.15) is 0 Å². The lowest BCUT2D eigenvalue weighted by Gasteiger charge is -2.18. The van der Waals surface area contributed by atoms with E-state index in [0.717, 1.165) is 13.2 Å². The van der Waals surface area contributed by atoms with Gasteiger partial charge < -0.3 is 20.9 Å². The molecule has 0 radical (unpaired) electrons. The van der Waals surface area contributed by atoms with Crippen LogP contribution in [0.2, 0.25) is 0 Å². The Kier molecular flexibility index (Phi) is 5.61. The molecule has 1 aromatic rings. The maximum atomic E-state index is 11.4. The van der Waals surface area contributed by atoms with Gasteiger partial charge in [0.15, 0.2) is 5.75 Å². The number of nitrogens with two attached hydrogens (primary N) is 1. The summed E-state index contributed by atoms with van der Waals surface area (Å²) in [6.07, 6.45) is -0.295. The zero-order valence-electron chi connectivity index (χ0n) is 11.2. The van der Waals surface area contributed by atoms with Crippen LogP contribution < -0.4 is 11.1 Å². The predicted octanol–water partition coefficient (Wildman–Crippen LogP) is -0.0205. The largest absolute Gasteiger partial charge is 0.502 e. The Morgan fingerprint density at radius 3 is 2.71 bits per heavy atom. The molecule has 0 aliphatic rings. The number of phenols is 1. The van der Waals surface area contributed by atoms with E-state index in [-0.39, 0.29) is 18.5 Å². The fourth-order valence-electron chi connectivity index (χ4n) is 1.72. The Morgan fingerprint density at radius 2 is 2.19 bits per heavy atom. The van der Waals surface area contributed by atoms with E-state index in [4.69, 9.17) is 5.73 Å². The maximum Gasteiger partial charge on any atom is 0.311 e. The summed E-state index contributed by atoms with van der Waals surface area (Å²) in [5, 5.41) is 23.1. The molecule has 0 spiro atoms. The van der Waals surface area contributed by atoms with E-state index in [0.29, 0.717) is 0 Å². The molecule has 1 unspecified atom stereocenters. The second-order valence-corrected chi connectivity index (χ2v) is 4.08. The highest BCUT2D eigenvalue weighted by Gasteiger charge is 2.25. The number of methoxy groups -OCH3 is 1. The van der Waals surface area contributed by atoms with Crippen LogP contribution in [0, 0.1) is 10.1 Å². The van der Waals surface area contributed by atoms with Gasteiger partial charge in [0.05, 0.1) is 31.0 Å². The van der Waals surface area contributed by atoms with Gasteiger partial charge in [0.25, 0.3) is 0 Å². The third-order valence-corrected chi connectivity index (χ3v) is 2.74. The number of carbonyl (C=O) groups excluding carboxylic acids is 2. The second-order valence-electron chi connectivity index (χ2n) is 4.08. The molecule has 1 amide bonds. The summed E-state index contributed by atoms with van der Waals surface area (Å²) in [5.41, 5.74) is 4.69. The number of nitro benzene ring substituents is 1. The van der Waals surface area contributed by atoms with Crippen LogP contribution in [0.5, 0.6) is 5.75 Å². The molecule has 0 aliphatic heterocycles. The lowest BCUT2D eigenvalue weighted by atomic mass is 10.0. The smallest absolute Gasteiger partial charge is 0.311 e. The molecule has 9 heteroatoms. The quantitative estimate of drug-likeness (QED) is 0.380. The van der Waals surface area contributed by atoms with Crippen molar-refractivity contribution < 1.29 is 24.4 Å². The van der Waals surface area contributed by atoms with Crippen LogP contribution in [0.3, 0.4) is 0 Å². The number of ether oxygens (including phenoxy) is 1. The fraction of sp³-hybridized carbons (Fsp3) is 0.333. The summed E-state index contributed by atoms with van der Waals surface area (Å²) in [6, 6.07) is 2.84. The van der Waals surface area contributed by atoms with E-state index in [1.807, 2.05) is 0 Å². The maximum absolute atomic E-state index is 11.4. The molecule has 0 saturated carbocycles. The monoisotopic (exact) mass is 297 g/mol. The number of aromatic hydroxyl groups is 1. The third kappa shape index (κ3) is 4.14. The zero-order chi connectivity index (χ0) is 16.0. The number of phenolic OH excluding ortho intramolecular Hbond substituents is 1. The van der Waals surface area contributed by atoms with Gasteiger partial charge in [-0.05, 0) is 0 Å². The van der Waals surface area contributed by atoms with Crippen LogP contribution in [-0.4, -0.2) is 35.6 Å².